The van der Waals surface area contributed by atoms with E-state index in [-0.39, 0.29) is 29.2 Å². The first-order valence-electron chi connectivity index (χ1n) is 8.98. The number of benzene rings is 1. The number of nitriles is 1. The normalized spacial score (nSPS) is 17.9. The van der Waals surface area contributed by atoms with Crippen LogP contribution in [0.3, 0.4) is 0 Å². The summed E-state index contributed by atoms with van der Waals surface area (Å²) in [5, 5.41) is 18.6. The molecule has 3 heterocycles. The number of fused-ring (bicyclic) bond motifs is 2. The molecule has 1 amide bonds. The van der Waals surface area contributed by atoms with E-state index in [4.69, 9.17) is 16.9 Å². The third-order valence-corrected chi connectivity index (χ3v) is 5.40. The van der Waals surface area contributed by atoms with E-state index in [1.165, 1.54) is 12.4 Å². The predicted molar refractivity (Wildman–Crippen MR) is 104 cm³/mol. The first-order chi connectivity index (χ1) is 14.5. The molecule has 0 saturated heterocycles. The average Bonchev–Trinajstić information content (AvgIpc) is 3.11. The second-order valence-electron chi connectivity index (χ2n) is 6.99. The van der Waals surface area contributed by atoms with Gasteiger partial charge in [-0.15, -0.1) is 0 Å². The maximum absolute atomic E-state index is 14.9. The van der Waals surface area contributed by atoms with Crippen molar-refractivity contribution in [2.45, 2.75) is 19.0 Å². The molecule has 2 N–H and O–H groups in total. The molecular weight excluding hydrogens is 416 g/mol. The quantitative estimate of drug-likeness (QED) is 0.518. The smallest absolute Gasteiger partial charge is 0.231 e. The molecule has 0 spiro atoms. The molecule has 0 bridgehead atoms. The fraction of sp³-hybridized carbons (Fsp3) is 0.211. The summed E-state index contributed by atoms with van der Waals surface area (Å²) in [6, 6.07) is 1.92. The lowest BCUT2D eigenvalue weighted by Crippen LogP contribution is -2.15. The fourth-order valence-corrected chi connectivity index (χ4v) is 3.73. The van der Waals surface area contributed by atoms with Gasteiger partial charge in [-0.1, -0.05) is 11.6 Å². The highest BCUT2D eigenvalue weighted by Crippen LogP contribution is 2.38. The van der Waals surface area contributed by atoms with E-state index in [1.807, 2.05) is 6.07 Å². The lowest BCUT2D eigenvalue weighted by atomic mass is 10.0. The number of carbonyl (C=O) groups excluding carboxylic acids is 1. The Balaban J connectivity index is 1.58. The number of amides is 1. The van der Waals surface area contributed by atoms with E-state index >= 15 is 0 Å². The summed E-state index contributed by atoms with van der Waals surface area (Å²) in [6.45, 7) is 0. The van der Waals surface area contributed by atoms with Crippen LogP contribution in [0.4, 0.5) is 14.6 Å². The van der Waals surface area contributed by atoms with E-state index in [0.29, 0.717) is 27.8 Å². The Morgan fingerprint density at radius 3 is 2.97 bits per heavy atom. The molecule has 2 atom stereocenters. The van der Waals surface area contributed by atoms with Crippen molar-refractivity contribution in [3.63, 3.8) is 0 Å². The van der Waals surface area contributed by atoms with Crippen molar-refractivity contribution in [1.29, 1.82) is 5.26 Å². The second-order valence-corrected chi connectivity index (χ2v) is 7.36. The number of nitrogens with zero attached hydrogens (tertiary/aromatic N) is 5. The fourth-order valence-electron chi connectivity index (χ4n) is 3.41. The number of hydrogen-bond donors (Lipinski definition) is 2. The van der Waals surface area contributed by atoms with Crippen molar-refractivity contribution < 1.29 is 13.6 Å². The Morgan fingerprint density at radius 1 is 1.43 bits per heavy atom. The van der Waals surface area contributed by atoms with E-state index in [2.05, 4.69) is 25.5 Å². The zero-order chi connectivity index (χ0) is 21.0. The summed E-state index contributed by atoms with van der Waals surface area (Å²) in [4.78, 5) is 20.5. The van der Waals surface area contributed by atoms with Crippen LogP contribution in [0.1, 0.15) is 12.0 Å². The standard InChI is InChI=1S/C19H12ClF2N7O/c20-16-15(10-4-25-28-18(10)8(1-2-23)17(16)22)12-6-29-7-13(26-14(29)5-24-12)27-19(30)9-3-11(9)21/h4-7,9,11H,1,3H2,(H,25,28)(H,27,30)/t9-,11+/m1/s1. The van der Waals surface area contributed by atoms with E-state index in [9.17, 15) is 13.6 Å². The van der Waals surface area contributed by atoms with Crippen LogP contribution in [0.25, 0.3) is 27.8 Å². The van der Waals surface area contributed by atoms with Crippen LogP contribution in [0, 0.1) is 23.1 Å². The predicted octanol–water partition coefficient (Wildman–Crippen LogP) is 3.43. The van der Waals surface area contributed by atoms with Crippen LogP contribution in [0.15, 0.2) is 24.8 Å². The number of hydrogen-bond acceptors (Lipinski definition) is 5. The molecule has 11 heteroatoms. The van der Waals surface area contributed by atoms with Gasteiger partial charge in [0.15, 0.2) is 11.5 Å². The maximum atomic E-state index is 14.9. The molecular formula is C19H12ClF2N7O. The molecule has 1 aromatic carbocycles. The summed E-state index contributed by atoms with van der Waals surface area (Å²) < 4.78 is 29.5. The Hall–Kier alpha value is -3.58. The Kier molecular flexibility index (Phi) is 4.15. The topological polar surface area (TPSA) is 112 Å². The average molecular weight is 428 g/mol. The molecule has 3 aromatic heterocycles. The molecule has 30 heavy (non-hydrogen) atoms. The minimum absolute atomic E-state index is 0.138. The molecule has 0 aliphatic heterocycles. The lowest BCUT2D eigenvalue weighted by molar-refractivity contribution is -0.117. The minimum atomic E-state index is -1.10. The number of H-pyrrole nitrogens is 1. The molecule has 150 valence electrons. The van der Waals surface area contributed by atoms with Gasteiger partial charge in [0.05, 0.1) is 53.2 Å². The molecule has 1 fully saturated rings. The number of aromatic amines is 1. The molecule has 0 unspecified atom stereocenters. The number of carbonyl (C=O) groups is 1. The number of rotatable bonds is 4. The Bertz CT molecular complexity index is 1370. The zero-order valence-corrected chi connectivity index (χ0v) is 15.9. The summed E-state index contributed by atoms with van der Waals surface area (Å²) in [6.07, 6.45) is 5.03. The van der Waals surface area contributed by atoms with Crippen LogP contribution in [0.2, 0.25) is 5.02 Å². The van der Waals surface area contributed by atoms with Gasteiger partial charge in [0, 0.05) is 22.7 Å². The van der Waals surface area contributed by atoms with Gasteiger partial charge >= 0.3 is 0 Å². The third kappa shape index (κ3) is 2.86. The van der Waals surface area contributed by atoms with Crippen LogP contribution >= 0.6 is 11.6 Å². The van der Waals surface area contributed by atoms with Crippen molar-refractivity contribution in [3.05, 3.63) is 41.2 Å². The van der Waals surface area contributed by atoms with Crippen molar-refractivity contribution in [3.8, 4) is 17.3 Å². The van der Waals surface area contributed by atoms with E-state index < -0.39 is 23.8 Å². The maximum Gasteiger partial charge on any atom is 0.231 e. The van der Waals surface area contributed by atoms with Gasteiger partial charge in [-0.05, 0) is 6.42 Å². The summed E-state index contributed by atoms with van der Waals surface area (Å²) in [5.74, 6) is -1.51. The third-order valence-electron chi connectivity index (χ3n) is 5.04. The first kappa shape index (κ1) is 18.4. The number of alkyl halides is 1. The van der Waals surface area contributed by atoms with Gasteiger partial charge < -0.3 is 9.72 Å². The van der Waals surface area contributed by atoms with Gasteiger partial charge in [0.25, 0.3) is 0 Å². The van der Waals surface area contributed by atoms with Crippen LogP contribution in [0.5, 0.6) is 0 Å². The number of anilines is 1. The lowest BCUT2D eigenvalue weighted by Gasteiger charge is -2.10. The van der Waals surface area contributed by atoms with Crippen LogP contribution in [-0.2, 0) is 11.2 Å². The van der Waals surface area contributed by atoms with Gasteiger partial charge in [-0.3, -0.25) is 14.9 Å². The van der Waals surface area contributed by atoms with E-state index in [0.717, 1.165) is 0 Å². The number of imidazole rings is 1. The monoisotopic (exact) mass is 427 g/mol. The molecule has 5 rings (SSSR count). The molecule has 4 aromatic rings. The van der Waals surface area contributed by atoms with E-state index in [1.54, 1.807) is 16.8 Å². The number of nitrogens with one attached hydrogen (secondary N) is 2. The van der Waals surface area contributed by atoms with Crippen molar-refractivity contribution in [2.24, 2.45) is 5.92 Å². The van der Waals surface area contributed by atoms with Crippen molar-refractivity contribution in [1.82, 2.24) is 24.6 Å². The van der Waals surface area contributed by atoms with Crippen molar-refractivity contribution >= 4 is 39.9 Å². The molecule has 1 aliphatic rings. The zero-order valence-electron chi connectivity index (χ0n) is 15.2. The van der Waals surface area contributed by atoms with Crippen LogP contribution in [-0.4, -0.2) is 36.6 Å². The SMILES string of the molecule is N#CCc1c(F)c(Cl)c(-c2cn3cc(NC(=O)[C@@H]4C[C@@H]4F)nc3cn2)c2cn[nH]c12. The highest BCUT2D eigenvalue weighted by molar-refractivity contribution is 6.35. The number of halogens is 3. The largest absolute Gasteiger partial charge is 0.309 e. The Morgan fingerprint density at radius 2 is 2.23 bits per heavy atom. The van der Waals surface area contributed by atoms with Gasteiger partial charge in [0.2, 0.25) is 5.91 Å². The highest BCUT2D eigenvalue weighted by atomic mass is 35.5. The molecule has 8 nitrogen and oxygen atoms in total. The first-order valence-corrected chi connectivity index (χ1v) is 9.35. The second kappa shape index (κ2) is 6.74. The van der Waals surface area contributed by atoms with Crippen LogP contribution < -0.4 is 5.32 Å². The molecule has 0 radical (unpaired) electrons. The highest BCUT2D eigenvalue weighted by Gasteiger charge is 2.43. The molecule has 1 aliphatic carbocycles. The van der Waals surface area contributed by atoms with Crippen molar-refractivity contribution in [2.75, 3.05) is 5.32 Å². The molecule has 1 saturated carbocycles. The summed E-state index contributed by atoms with van der Waals surface area (Å²) in [7, 11) is 0. The summed E-state index contributed by atoms with van der Waals surface area (Å²) in [5.41, 5.74) is 1.61. The van der Waals surface area contributed by atoms with Gasteiger partial charge in [-0.2, -0.15) is 10.4 Å². The number of aromatic nitrogens is 5. The Labute approximate surface area is 172 Å². The minimum Gasteiger partial charge on any atom is -0.309 e. The van der Waals surface area contributed by atoms with Gasteiger partial charge in [-0.25, -0.2) is 13.8 Å². The van der Waals surface area contributed by atoms with Gasteiger partial charge in [0.1, 0.15) is 12.0 Å². The summed E-state index contributed by atoms with van der Waals surface area (Å²) >= 11 is 6.30.